The third kappa shape index (κ3) is 4.80. The van der Waals surface area contributed by atoms with Crippen LogP contribution in [0.15, 0.2) is 36.9 Å². The van der Waals surface area contributed by atoms with Gasteiger partial charge in [-0.3, -0.25) is 14.9 Å². The largest absolute Gasteiger partial charge is 0.368 e. The van der Waals surface area contributed by atoms with Crippen LogP contribution in [-0.4, -0.2) is 58.5 Å². The van der Waals surface area contributed by atoms with Gasteiger partial charge in [-0.05, 0) is 39.2 Å². The molecule has 4 heterocycles. The lowest BCUT2D eigenvalue weighted by molar-refractivity contribution is -0.157. The summed E-state index contributed by atoms with van der Waals surface area (Å²) in [6.45, 7) is 6.06. The molecular weight excluding hydrogens is 460 g/mol. The van der Waals surface area contributed by atoms with Crippen molar-refractivity contribution in [3.63, 3.8) is 0 Å². The molecule has 4 aromatic rings. The highest BCUT2D eigenvalue weighted by Gasteiger charge is 2.52. The number of carbonyl (C=O) groups is 1. The van der Waals surface area contributed by atoms with Gasteiger partial charge in [-0.2, -0.15) is 10.2 Å². The fourth-order valence-electron chi connectivity index (χ4n) is 4.24. The number of H-pyrrole nitrogens is 1. The van der Waals surface area contributed by atoms with Crippen molar-refractivity contribution in [2.24, 2.45) is 0 Å². The minimum atomic E-state index is -0.926. The first-order valence-corrected chi connectivity index (χ1v) is 11.6. The third-order valence-corrected chi connectivity index (χ3v) is 6.22. The minimum Gasteiger partial charge on any atom is -0.368 e. The van der Waals surface area contributed by atoms with E-state index < -0.39 is 5.60 Å². The van der Waals surface area contributed by atoms with Gasteiger partial charge in [0.1, 0.15) is 17.2 Å². The average Bonchev–Trinajstić information content (AvgIpc) is 3.45. The zero-order chi connectivity index (χ0) is 25.3. The van der Waals surface area contributed by atoms with Gasteiger partial charge >= 0.3 is 0 Å². The van der Waals surface area contributed by atoms with E-state index in [1.807, 2.05) is 39.1 Å². The summed E-state index contributed by atoms with van der Waals surface area (Å²) in [6, 6.07) is 3.76. The average molecular weight is 489 g/mol. The Kier molecular flexibility index (Phi) is 6.18. The lowest BCUT2D eigenvalue weighted by Crippen LogP contribution is -2.56. The molecule has 186 valence electrons. The van der Waals surface area contributed by atoms with Crippen molar-refractivity contribution in [2.45, 2.75) is 51.7 Å². The number of hydrogen-bond acceptors (Lipinski definition) is 9. The number of rotatable bonds is 8. The molecule has 0 bridgehead atoms. The SMILES string of the molecule is COC1(C(=O)NCc2cnc(-n3cc(C)cn3)cn2)CC(c2nc(C)cc(Nc3cc(C)[nH]n3)n2)C1. The Labute approximate surface area is 208 Å². The van der Waals surface area contributed by atoms with Crippen LogP contribution in [0, 0.1) is 20.8 Å². The first-order chi connectivity index (χ1) is 17.3. The number of amides is 1. The van der Waals surface area contributed by atoms with Crippen LogP contribution in [0.2, 0.25) is 0 Å². The van der Waals surface area contributed by atoms with Crippen molar-refractivity contribution in [1.29, 1.82) is 0 Å². The third-order valence-electron chi connectivity index (χ3n) is 6.22. The first kappa shape index (κ1) is 23.5. The number of nitrogens with zero attached hydrogens (tertiary/aromatic N) is 7. The van der Waals surface area contributed by atoms with E-state index in [2.05, 4.69) is 45.9 Å². The molecule has 1 saturated carbocycles. The van der Waals surface area contributed by atoms with Gasteiger partial charge in [-0.25, -0.2) is 19.6 Å². The first-order valence-electron chi connectivity index (χ1n) is 11.6. The molecule has 1 fully saturated rings. The molecule has 0 atom stereocenters. The second-order valence-corrected chi connectivity index (χ2v) is 9.13. The van der Waals surface area contributed by atoms with Crippen LogP contribution in [0.25, 0.3) is 5.82 Å². The maximum Gasteiger partial charge on any atom is 0.252 e. The van der Waals surface area contributed by atoms with Crippen LogP contribution in [0.3, 0.4) is 0 Å². The number of nitrogens with one attached hydrogen (secondary N) is 3. The molecule has 0 aromatic carbocycles. The highest BCUT2D eigenvalue weighted by molar-refractivity contribution is 5.86. The normalized spacial score (nSPS) is 19.1. The number of hydrogen-bond donors (Lipinski definition) is 3. The maximum absolute atomic E-state index is 13.0. The van der Waals surface area contributed by atoms with Gasteiger partial charge in [0.2, 0.25) is 0 Å². The second-order valence-electron chi connectivity index (χ2n) is 9.13. The quantitative estimate of drug-likeness (QED) is 0.340. The van der Waals surface area contributed by atoms with E-state index in [9.17, 15) is 4.79 Å². The van der Waals surface area contributed by atoms with E-state index in [4.69, 9.17) is 4.74 Å². The number of anilines is 2. The Balaban J connectivity index is 1.20. The zero-order valence-corrected chi connectivity index (χ0v) is 20.6. The van der Waals surface area contributed by atoms with Gasteiger partial charge in [-0.15, -0.1) is 0 Å². The summed E-state index contributed by atoms with van der Waals surface area (Å²) in [5.41, 5.74) is 2.54. The molecule has 12 heteroatoms. The van der Waals surface area contributed by atoms with Crippen molar-refractivity contribution < 1.29 is 9.53 Å². The Bertz CT molecular complexity index is 1370. The van der Waals surface area contributed by atoms with E-state index in [1.165, 1.54) is 0 Å². The topological polar surface area (TPSA) is 148 Å². The van der Waals surface area contributed by atoms with Crippen LogP contribution in [0.1, 0.15) is 47.2 Å². The predicted molar refractivity (Wildman–Crippen MR) is 131 cm³/mol. The molecule has 0 spiro atoms. The van der Waals surface area contributed by atoms with Crippen molar-refractivity contribution >= 4 is 17.5 Å². The van der Waals surface area contributed by atoms with Crippen LogP contribution in [-0.2, 0) is 16.1 Å². The lowest BCUT2D eigenvalue weighted by Gasteiger charge is -2.44. The number of aromatic amines is 1. The molecule has 4 aromatic heterocycles. The van der Waals surface area contributed by atoms with Gasteiger partial charge in [-0.1, -0.05) is 0 Å². The van der Waals surface area contributed by atoms with Crippen LogP contribution >= 0.6 is 0 Å². The fourth-order valence-corrected chi connectivity index (χ4v) is 4.24. The van der Waals surface area contributed by atoms with Crippen LogP contribution in [0.5, 0.6) is 0 Å². The smallest absolute Gasteiger partial charge is 0.252 e. The summed E-state index contributed by atoms with van der Waals surface area (Å²) in [6.07, 6.45) is 7.86. The van der Waals surface area contributed by atoms with Gasteiger partial charge < -0.3 is 15.4 Å². The van der Waals surface area contributed by atoms with Crippen molar-refractivity contribution in [3.05, 3.63) is 65.4 Å². The molecule has 1 aliphatic rings. The summed E-state index contributed by atoms with van der Waals surface area (Å²) in [5, 5.41) is 17.4. The summed E-state index contributed by atoms with van der Waals surface area (Å²) in [7, 11) is 1.56. The van der Waals surface area contributed by atoms with Gasteiger partial charge in [0.25, 0.3) is 5.91 Å². The molecule has 5 rings (SSSR count). The molecule has 1 amide bonds. The van der Waals surface area contributed by atoms with E-state index in [-0.39, 0.29) is 18.4 Å². The monoisotopic (exact) mass is 488 g/mol. The van der Waals surface area contributed by atoms with Crippen molar-refractivity contribution in [1.82, 2.24) is 45.2 Å². The summed E-state index contributed by atoms with van der Waals surface area (Å²) in [5.74, 6) is 2.46. The Hall–Kier alpha value is -4.19. The van der Waals surface area contributed by atoms with E-state index in [0.717, 1.165) is 17.0 Å². The van der Waals surface area contributed by atoms with Crippen molar-refractivity contribution in [3.8, 4) is 5.82 Å². The number of ether oxygens (including phenoxy) is 1. The summed E-state index contributed by atoms with van der Waals surface area (Å²) < 4.78 is 7.32. The number of methoxy groups -OCH3 is 1. The van der Waals surface area contributed by atoms with Gasteiger partial charge in [0.05, 0.1) is 30.8 Å². The molecule has 0 radical (unpaired) electrons. The van der Waals surface area contributed by atoms with Crippen LogP contribution < -0.4 is 10.6 Å². The standard InChI is InChI=1S/C24H28N10O2/c1-14-9-28-34(13-14)21-12-25-18(10-26-21)11-27-23(35)24(36-4)7-17(8-24)22-29-15(2)5-19(31-22)30-20-6-16(3)32-33-20/h5-6,9-10,12-13,17H,7-8,11H2,1-4H3,(H,27,35)(H2,29,30,31,32,33). The molecule has 0 saturated heterocycles. The number of aromatic nitrogens is 8. The molecule has 0 aliphatic heterocycles. The van der Waals surface area contributed by atoms with E-state index in [1.54, 1.807) is 30.4 Å². The van der Waals surface area contributed by atoms with Gasteiger partial charge in [0.15, 0.2) is 11.6 Å². The van der Waals surface area contributed by atoms with Crippen LogP contribution in [0.4, 0.5) is 11.6 Å². The van der Waals surface area contributed by atoms with Crippen molar-refractivity contribution in [2.75, 3.05) is 12.4 Å². The summed E-state index contributed by atoms with van der Waals surface area (Å²) >= 11 is 0. The molecule has 12 nitrogen and oxygen atoms in total. The maximum atomic E-state index is 13.0. The molecule has 3 N–H and O–H groups in total. The molecule has 36 heavy (non-hydrogen) atoms. The molecular formula is C24H28N10O2. The highest BCUT2D eigenvalue weighted by Crippen LogP contribution is 2.46. The number of carbonyl (C=O) groups excluding carboxylic acids is 1. The van der Waals surface area contributed by atoms with E-state index >= 15 is 0 Å². The summed E-state index contributed by atoms with van der Waals surface area (Å²) in [4.78, 5) is 31.1. The number of aryl methyl sites for hydroxylation is 3. The fraction of sp³-hybridized carbons (Fsp3) is 0.375. The minimum absolute atomic E-state index is 0.00803. The second kappa shape index (κ2) is 9.46. The molecule has 0 unspecified atom stereocenters. The Morgan fingerprint density at radius 1 is 1.14 bits per heavy atom. The zero-order valence-electron chi connectivity index (χ0n) is 20.6. The Morgan fingerprint density at radius 2 is 1.97 bits per heavy atom. The van der Waals surface area contributed by atoms with Gasteiger partial charge in [0, 0.05) is 42.7 Å². The van der Waals surface area contributed by atoms with E-state index in [0.29, 0.717) is 41.8 Å². The Morgan fingerprint density at radius 3 is 2.61 bits per heavy atom. The highest BCUT2D eigenvalue weighted by atomic mass is 16.5. The molecule has 1 aliphatic carbocycles. The lowest BCUT2D eigenvalue weighted by atomic mass is 9.69. The predicted octanol–water partition coefficient (Wildman–Crippen LogP) is 2.42.